The van der Waals surface area contributed by atoms with E-state index in [2.05, 4.69) is 0 Å². The number of rotatable bonds is 4. The summed E-state index contributed by atoms with van der Waals surface area (Å²) >= 11 is 12.2. The molecule has 0 bridgehead atoms. The summed E-state index contributed by atoms with van der Waals surface area (Å²) in [6.07, 6.45) is -0.359. The number of halogens is 2. The smallest absolute Gasteiger partial charge is 0.450 e. The van der Waals surface area contributed by atoms with Crippen molar-refractivity contribution in [1.82, 2.24) is 4.90 Å². The Morgan fingerprint density at radius 3 is 2.12 bits per heavy atom. The number of hydrogen-bond donors (Lipinski definition) is 0. The predicted molar refractivity (Wildman–Crippen MR) is 94.1 cm³/mol. The maximum Gasteiger partial charge on any atom is 0.509 e. The van der Waals surface area contributed by atoms with Crippen LogP contribution in [-0.4, -0.2) is 43.5 Å². The summed E-state index contributed by atoms with van der Waals surface area (Å²) in [6, 6.07) is 5.04. The van der Waals surface area contributed by atoms with Gasteiger partial charge >= 0.3 is 12.2 Å². The molecule has 0 atom stereocenters. The third-order valence-corrected chi connectivity index (χ3v) is 4.46. The molecule has 0 saturated carbocycles. The van der Waals surface area contributed by atoms with E-state index in [0.717, 1.165) is 0 Å². The standard InChI is InChI=1S/C17H21Cl2NO5/c1-3-23-15(21)20-7-5-17(6-8-20,25-16(22)24-4-2)12-9-13(18)11-14(19)10-12/h9-11H,3-8H2,1-2H3. The highest BCUT2D eigenvalue weighted by atomic mass is 35.5. The molecular formula is C17H21Cl2NO5. The summed E-state index contributed by atoms with van der Waals surface area (Å²) in [6.45, 7) is 4.73. The van der Waals surface area contributed by atoms with Gasteiger partial charge in [-0.1, -0.05) is 23.2 Å². The first kappa shape index (κ1) is 19.7. The molecule has 6 nitrogen and oxygen atoms in total. The van der Waals surface area contributed by atoms with Gasteiger partial charge in [0.15, 0.2) is 0 Å². The van der Waals surface area contributed by atoms with E-state index in [-0.39, 0.29) is 12.7 Å². The van der Waals surface area contributed by atoms with E-state index in [9.17, 15) is 9.59 Å². The van der Waals surface area contributed by atoms with Crippen molar-refractivity contribution >= 4 is 35.5 Å². The Morgan fingerprint density at radius 2 is 1.60 bits per heavy atom. The van der Waals surface area contributed by atoms with Crippen LogP contribution in [0.4, 0.5) is 9.59 Å². The van der Waals surface area contributed by atoms with E-state index in [0.29, 0.717) is 48.1 Å². The fourth-order valence-electron chi connectivity index (χ4n) is 2.84. The van der Waals surface area contributed by atoms with Crippen molar-refractivity contribution in [2.75, 3.05) is 26.3 Å². The number of piperidine rings is 1. The molecular weight excluding hydrogens is 369 g/mol. The molecule has 0 unspecified atom stereocenters. The average Bonchev–Trinajstić information content (AvgIpc) is 2.55. The van der Waals surface area contributed by atoms with Crippen molar-refractivity contribution in [3.63, 3.8) is 0 Å². The molecule has 138 valence electrons. The molecule has 25 heavy (non-hydrogen) atoms. The van der Waals surface area contributed by atoms with Crippen molar-refractivity contribution in [3.8, 4) is 0 Å². The van der Waals surface area contributed by atoms with Crippen molar-refractivity contribution in [1.29, 1.82) is 0 Å². The van der Waals surface area contributed by atoms with Gasteiger partial charge in [-0.15, -0.1) is 0 Å². The first-order valence-electron chi connectivity index (χ1n) is 8.14. The second-order valence-electron chi connectivity index (χ2n) is 5.62. The van der Waals surface area contributed by atoms with Crippen molar-refractivity contribution < 1.29 is 23.8 Å². The lowest BCUT2D eigenvalue weighted by Gasteiger charge is -2.40. The highest BCUT2D eigenvalue weighted by Gasteiger charge is 2.42. The van der Waals surface area contributed by atoms with Crippen molar-refractivity contribution in [2.24, 2.45) is 0 Å². The SMILES string of the molecule is CCOC(=O)OC1(c2cc(Cl)cc(Cl)c2)CCN(C(=O)OCC)CC1. The average molecular weight is 390 g/mol. The lowest BCUT2D eigenvalue weighted by atomic mass is 9.84. The van der Waals surface area contributed by atoms with Gasteiger partial charge in [-0.05, 0) is 37.6 Å². The van der Waals surface area contributed by atoms with Gasteiger partial charge in [0.05, 0.1) is 13.2 Å². The number of amides is 1. The summed E-state index contributed by atoms with van der Waals surface area (Å²) in [7, 11) is 0. The van der Waals surface area contributed by atoms with Gasteiger partial charge in [0.1, 0.15) is 5.60 Å². The van der Waals surface area contributed by atoms with Gasteiger partial charge in [-0.25, -0.2) is 9.59 Å². The molecule has 1 heterocycles. The van der Waals surface area contributed by atoms with Crippen LogP contribution < -0.4 is 0 Å². The second-order valence-corrected chi connectivity index (χ2v) is 6.50. The highest BCUT2D eigenvalue weighted by Crippen LogP contribution is 2.39. The highest BCUT2D eigenvalue weighted by molar-refractivity contribution is 6.34. The van der Waals surface area contributed by atoms with E-state index in [1.807, 2.05) is 0 Å². The molecule has 1 saturated heterocycles. The number of nitrogens with zero attached hydrogens (tertiary/aromatic N) is 1. The Balaban J connectivity index is 2.26. The Hall–Kier alpha value is -1.66. The fraction of sp³-hybridized carbons (Fsp3) is 0.529. The Labute approximate surface area is 156 Å². The summed E-state index contributed by atoms with van der Waals surface area (Å²) in [4.78, 5) is 25.5. The molecule has 0 aromatic heterocycles. The van der Waals surface area contributed by atoms with Crippen LogP contribution in [0, 0.1) is 0 Å². The topological polar surface area (TPSA) is 65.1 Å². The minimum absolute atomic E-state index is 0.208. The summed E-state index contributed by atoms with van der Waals surface area (Å²) in [5.41, 5.74) is -0.273. The van der Waals surface area contributed by atoms with E-state index in [4.69, 9.17) is 37.4 Å². The first-order chi connectivity index (χ1) is 11.9. The largest absolute Gasteiger partial charge is 0.509 e. The first-order valence-corrected chi connectivity index (χ1v) is 8.90. The predicted octanol–water partition coefficient (Wildman–Crippen LogP) is 4.61. The minimum Gasteiger partial charge on any atom is -0.450 e. The third-order valence-electron chi connectivity index (χ3n) is 4.03. The van der Waals surface area contributed by atoms with Crippen LogP contribution in [0.2, 0.25) is 10.0 Å². The summed E-state index contributed by atoms with van der Waals surface area (Å²) < 4.78 is 15.6. The van der Waals surface area contributed by atoms with Crippen LogP contribution in [-0.2, 0) is 19.8 Å². The Morgan fingerprint density at radius 1 is 1.04 bits per heavy atom. The maximum atomic E-state index is 12.0. The number of carbonyl (C=O) groups is 2. The zero-order valence-electron chi connectivity index (χ0n) is 14.2. The monoisotopic (exact) mass is 389 g/mol. The number of carbonyl (C=O) groups excluding carboxylic acids is 2. The number of benzene rings is 1. The molecule has 1 aromatic carbocycles. The van der Waals surface area contributed by atoms with Crippen LogP contribution in [0.15, 0.2) is 18.2 Å². The molecule has 0 radical (unpaired) electrons. The lowest BCUT2D eigenvalue weighted by Crippen LogP contribution is -2.47. The van der Waals surface area contributed by atoms with Crippen LogP contribution >= 0.6 is 23.2 Å². The molecule has 0 aliphatic carbocycles. The van der Waals surface area contributed by atoms with Gasteiger partial charge in [0, 0.05) is 36.0 Å². The molecule has 2 rings (SSSR count). The van der Waals surface area contributed by atoms with E-state index < -0.39 is 11.8 Å². The molecule has 1 aliphatic rings. The van der Waals surface area contributed by atoms with Gasteiger partial charge in [0.25, 0.3) is 0 Å². The van der Waals surface area contributed by atoms with E-state index in [1.54, 1.807) is 36.9 Å². The van der Waals surface area contributed by atoms with Crippen LogP contribution in [0.5, 0.6) is 0 Å². The zero-order chi connectivity index (χ0) is 18.4. The maximum absolute atomic E-state index is 12.0. The second kappa shape index (κ2) is 8.63. The van der Waals surface area contributed by atoms with E-state index >= 15 is 0 Å². The number of hydrogen-bond acceptors (Lipinski definition) is 5. The quantitative estimate of drug-likeness (QED) is 0.703. The van der Waals surface area contributed by atoms with Crippen molar-refractivity contribution in [3.05, 3.63) is 33.8 Å². The number of likely N-dealkylation sites (tertiary alicyclic amines) is 1. The van der Waals surface area contributed by atoms with Crippen molar-refractivity contribution in [2.45, 2.75) is 32.3 Å². The van der Waals surface area contributed by atoms with E-state index in [1.165, 1.54) is 0 Å². The fourth-order valence-corrected chi connectivity index (χ4v) is 3.36. The Bertz CT molecular complexity index is 609. The molecule has 0 spiro atoms. The minimum atomic E-state index is -0.955. The molecule has 1 aliphatic heterocycles. The molecule has 1 aromatic rings. The van der Waals surface area contributed by atoms with Gasteiger partial charge in [0.2, 0.25) is 0 Å². The molecule has 1 fully saturated rings. The summed E-state index contributed by atoms with van der Waals surface area (Å²) in [5.74, 6) is 0. The van der Waals surface area contributed by atoms with Crippen LogP contribution in [0.25, 0.3) is 0 Å². The normalized spacial score (nSPS) is 16.2. The number of ether oxygens (including phenoxy) is 3. The third kappa shape index (κ3) is 4.92. The van der Waals surface area contributed by atoms with Gasteiger partial charge < -0.3 is 19.1 Å². The van der Waals surface area contributed by atoms with Crippen LogP contribution in [0.3, 0.4) is 0 Å². The molecule has 0 N–H and O–H groups in total. The Kier molecular flexibility index (Phi) is 6.79. The lowest BCUT2D eigenvalue weighted by molar-refractivity contribution is -0.0686. The van der Waals surface area contributed by atoms with Crippen LogP contribution in [0.1, 0.15) is 32.3 Å². The molecule has 8 heteroatoms. The van der Waals surface area contributed by atoms with Gasteiger partial charge in [-0.3, -0.25) is 0 Å². The zero-order valence-corrected chi connectivity index (χ0v) is 15.7. The molecule has 1 amide bonds. The summed E-state index contributed by atoms with van der Waals surface area (Å²) in [5, 5.41) is 0.893. The van der Waals surface area contributed by atoms with Gasteiger partial charge in [-0.2, -0.15) is 0 Å².